The zero-order valence-electron chi connectivity index (χ0n) is 72.4. The maximum atomic E-state index is 13.9. The summed E-state index contributed by atoms with van der Waals surface area (Å²) >= 11 is 43.9. The van der Waals surface area contributed by atoms with Crippen molar-refractivity contribution in [2.75, 3.05) is 77.7 Å². The third kappa shape index (κ3) is 16.1. The largest absolute Gasteiger partial charge is 0.369 e. The van der Waals surface area contributed by atoms with Gasteiger partial charge in [0.05, 0.1) is 74.6 Å². The summed E-state index contributed by atoms with van der Waals surface area (Å²) in [6.07, 6.45) is 13.4. The number of rotatable bonds is 8. The van der Waals surface area contributed by atoms with Crippen molar-refractivity contribution in [3.05, 3.63) is 331 Å². The van der Waals surface area contributed by atoms with Gasteiger partial charge in [-0.15, -0.1) is 0 Å². The standard InChI is InChI=1S/C26H28ClFN4O.C25H26Cl2N4O.C24H25Cl2N5O.C23H23Cl2N5O/c1-15-20(28)8-9-21(22(15)27)32-17(3)30-24(16(2)25(32)33)31-12-10-26(11-13-31)14-18-6-4-5-7-19(18)23(26)29;1-15-23(29-16(2)31(24(15)32)20-9-5-8-19(26)21(20)27)30-12-10-25(11-13-30)14-17-6-3-4-7-18(17)22(25)28;1-14-22(29-15(2)31(23(14)32)19-7-3-6-17(25)20(19)26)30-11-8-24(9-12-30)13-18-16(21(24)27)5-4-10-28-18;24-16-6-3-7-17(20(16)25)30-19(31)12-18(28-22(30)27)29-10-8-23(9-11-29)13-14-4-1-2-5-15(14)21(23)26/h4-9,23H,10-14,29H2,1-3H3;3-9,22H,10-14,28H2,1-2H3;3-7,10,21H,8-9,11-13,27H2,1-2H3;1-7,12,21H,8-11,13,26H2,(H2,27,28)/t23-;22-;2*21-/m1101/s1. The monoisotopic (exact) mass is 1860 g/mol. The Balaban J connectivity index is 0.000000120. The molecule has 0 radical (unpaired) electrons. The second-order valence-corrected chi connectivity index (χ2v) is 38.5. The van der Waals surface area contributed by atoms with Gasteiger partial charge >= 0.3 is 0 Å². The van der Waals surface area contributed by atoms with E-state index in [1.54, 1.807) is 79.9 Å². The number of nitrogen functional groups attached to an aromatic ring is 1. The Morgan fingerprint density at radius 3 is 1.02 bits per heavy atom. The van der Waals surface area contributed by atoms with Crippen LogP contribution < -0.4 is 70.5 Å². The van der Waals surface area contributed by atoms with E-state index in [0.29, 0.717) is 99.2 Å². The van der Waals surface area contributed by atoms with Gasteiger partial charge in [0.25, 0.3) is 22.2 Å². The van der Waals surface area contributed by atoms with E-state index in [9.17, 15) is 23.6 Å². The highest BCUT2D eigenvalue weighted by atomic mass is 35.5. The smallest absolute Gasteiger partial charge is 0.263 e. The lowest BCUT2D eigenvalue weighted by Gasteiger charge is -2.43. The van der Waals surface area contributed by atoms with Gasteiger partial charge in [-0.05, 0) is 241 Å². The van der Waals surface area contributed by atoms with E-state index in [1.807, 2.05) is 40.0 Å². The molecule has 4 aliphatic carbocycles. The minimum atomic E-state index is -0.398. The second kappa shape index (κ2) is 35.7. The number of aromatic nitrogens is 9. The first-order chi connectivity index (χ1) is 61.3. The molecule has 10 N–H and O–H groups in total. The Bertz CT molecular complexity index is 6430. The average Bonchev–Trinajstić information content (AvgIpc) is 1.71. The summed E-state index contributed by atoms with van der Waals surface area (Å²) in [5.74, 6) is 4.15. The van der Waals surface area contributed by atoms with E-state index >= 15 is 0 Å². The molecule has 30 heteroatoms. The van der Waals surface area contributed by atoms with E-state index in [-0.39, 0.29) is 84.1 Å². The number of aryl methyl sites for hydroxylation is 3. The fraction of sp³-hybridized carbons (Fsp3) is 0.357. The zero-order chi connectivity index (χ0) is 90.5. The van der Waals surface area contributed by atoms with Crippen molar-refractivity contribution in [1.29, 1.82) is 0 Å². The predicted molar refractivity (Wildman–Crippen MR) is 514 cm³/mol. The van der Waals surface area contributed by atoms with Crippen LogP contribution in [-0.4, -0.2) is 95.5 Å². The van der Waals surface area contributed by atoms with Crippen molar-refractivity contribution in [3.8, 4) is 22.7 Å². The molecule has 5 aromatic heterocycles. The van der Waals surface area contributed by atoms with Crippen LogP contribution in [0.25, 0.3) is 22.7 Å². The van der Waals surface area contributed by atoms with Crippen molar-refractivity contribution < 1.29 is 4.39 Å². The van der Waals surface area contributed by atoms with E-state index < -0.39 is 5.82 Å². The molecule has 0 amide bonds. The number of nitrogens with zero attached hydrogens (tertiary/aromatic N) is 13. The molecular formula is C98H102Cl7FN18O4. The molecule has 7 aromatic carbocycles. The van der Waals surface area contributed by atoms with E-state index in [2.05, 4.69) is 108 Å². The summed E-state index contributed by atoms with van der Waals surface area (Å²) in [5, 5.41) is 2.35. The van der Waals surface area contributed by atoms with Crippen LogP contribution in [0, 0.1) is 75.9 Å². The molecule has 12 aromatic rings. The molecule has 8 aliphatic rings. The minimum absolute atomic E-state index is 0.00196. The molecule has 9 heterocycles. The SMILES string of the molecule is Cc1c(F)ccc(-n2c(C)nc(N3CCC4(CC3)Cc3ccccc3[C@H]4N)c(C)c2=O)c1Cl.Cc1c(N2CCC3(CC2)Cc2ccccc2[C@H]3N)nc(C)n(-c2cccc(Cl)c2Cl)c1=O.Cc1c(N2CCC3(CC2)Cc2ncccc2[C@@H]3N)nc(C)n(-c2cccc(Cl)c2Cl)c1=O.Nc1nc(N2CCC3(CC2)Cc2ccccc2[C@H]3N)cc(=O)n1-c1cccc(Cl)c1Cl. The molecule has 664 valence electrons. The lowest BCUT2D eigenvalue weighted by Crippen LogP contribution is -2.45. The molecule has 0 unspecified atom stereocenters. The van der Waals surface area contributed by atoms with Crippen LogP contribution in [0.2, 0.25) is 35.2 Å². The third-order valence-corrected chi connectivity index (χ3v) is 31.7. The first-order valence-corrected chi connectivity index (χ1v) is 46.1. The quantitative estimate of drug-likeness (QED) is 0.0944. The molecular weight excluding hydrogens is 1760 g/mol. The van der Waals surface area contributed by atoms with Crippen LogP contribution >= 0.6 is 81.2 Å². The lowest BCUT2D eigenvalue weighted by atomic mass is 9.73. The summed E-state index contributed by atoms with van der Waals surface area (Å²) in [5.41, 5.74) is 46.7. The van der Waals surface area contributed by atoms with Crippen molar-refractivity contribution in [1.82, 2.24) is 43.2 Å². The summed E-state index contributed by atoms with van der Waals surface area (Å²) < 4.78 is 19.7. The van der Waals surface area contributed by atoms with E-state index in [4.69, 9.17) is 125 Å². The molecule has 128 heavy (non-hydrogen) atoms. The Labute approximate surface area is 777 Å². The molecule has 4 spiro atoms. The Kier molecular flexibility index (Phi) is 25.1. The van der Waals surface area contributed by atoms with Crippen LogP contribution in [0.3, 0.4) is 0 Å². The predicted octanol–water partition coefficient (Wildman–Crippen LogP) is 18.1. The highest BCUT2D eigenvalue weighted by Gasteiger charge is 2.51. The molecule has 0 saturated carbocycles. The average molecular weight is 1860 g/mol. The first kappa shape index (κ1) is 90.0. The third-order valence-electron chi connectivity index (χ3n) is 28.8. The number of hydrogen-bond donors (Lipinski definition) is 5. The second-order valence-electron chi connectivity index (χ2n) is 35.8. The number of halogens is 8. The summed E-state index contributed by atoms with van der Waals surface area (Å²) in [7, 11) is 0. The number of pyridine rings is 1. The van der Waals surface area contributed by atoms with Gasteiger partial charge in [0, 0.05) is 100 Å². The van der Waals surface area contributed by atoms with Crippen molar-refractivity contribution in [3.63, 3.8) is 0 Å². The van der Waals surface area contributed by atoms with Crippen LogP contribution in [0.15, 0.2) is 183 Å². The van der Waals surface area contributed by atoms with Gasteiger partial charge in [0.15, 0.2) is 0 Å². The molecule has 4 atom stereocenters. The number of benzene rings is 7. The van der Waals surface area contributed by atoms with Gasteiger partial charge in [-0.25, -0.2) is 23.9 Å². The molecule has 0 bridgehead atoms. The number of piperidine rings is 4. The number of anilines is 5. The normalized spacial score (nSPS) is 19.4. The Morgan fingerprint density at radius 2 is 0.672 bits per heavy atom. The van der Waals surface area contributed by atoms with Crippen LogP contribution in [0.5, 0.6) is 0 Å². The maximum absolute atomic E-state index is 13.9. The van der Waals surface area contributed by atoms with E-state index in [0.717, 1.165) is 147 Å². The van der Waals surface area contributed by atoms with Crippen molar-refractivity contribution in [2.45, 2.75) is 150 Å². The first-order valence-electron chi connectivity index (χ1n) is 43.5. The van der Waals surface area contributed by atoms with Gasteiger partial charge in [0.2, 0.25) is 5.95 Å². The van der Waals surface area contributed by atoms with Gasteiger partial charge < -0.3 is 48.3 Å². The van der Waals surface area contributed by atoms with Crippen molar-refractivity contribution in [2.24, 2.45) is 44.6 Å². The molecule has 22 nitrogen and oxygen atoms in total. The van der Waals surface area contributed by atoms with Gasteiger partial charge in [-0.2, -0.15) is 4.98 Å². The zero-order valence-corrected chi connectivity index (χ0v) is 77.7. The fourth-order valence-electron chi connectivity index (χ4n) is 21.3. The van der Waals surface area contributed by atoms with E-state index in [1.165, 1.54) is 70.8 Å². The number of hydrogen-bond acceptors (Lipinski definition) is 18. The van der Waals surface area contributed by atoms with Crippen LogP contribution in [0.4, 0.5) is 33.6 Å². The highest BCUT2D eigenvalue weighted by molar-refractivity contribution is 6.44. The van der Waals surface area contributed by atoms with Gasteiger partial charge in [-0.1, -0.05) is 178 Å². The van der Waals surface area contributed by atoms with Gasteiger partial charge in [-0.3, -0.25) is 37.9 Å². The fourth-order valence-corrected chi connectivity index (χ4v) is 22.7. The highest BCUT2D eigenvalue weighted by Crippen LogP contribution is 2.56. The van der Waals surface area contributed by atoms with Gasteiger partial charge in [0.1, 0.15) is 46.6 Å². The molecule has 4 fully saturated rings. The van der Waals surface area contributed by atoms with Crippen LogP contribution in [0.1, 0.15) is 160 Å². The Hall–Kier alpha value is -9.99. The number of fused-ring (bicyclic) bond motifs is 4. The number of nitrogens with two attached hydrogens (primary N) is 5. The maximum Gasteiger partial charge on any atom is 0.263 e. The topological polar surface area (TPSA) is 296 Å². The summed E-state index contributed by atoms with van der Waals surface area (Å²) in [6, 6.07) is 49.7. The molecule has 20 rings (SSSR count). The lowest BCUT2D eigenvalue weighted by molar-refractivity contribution is 0.186. The molecule has 4 saturated heterocycles. The summed E-state index contributed by atoms with van der Waals surface area (Å²) in [4.78, 5) is 85.2. The minimum Gasteiger partial charge on any atom is -0.369 e. The van der Waals surface area contributed by atoms with Crippen molar-refractivity contribution >= 4 is 110 Å². The Morgan fingerprint density at radius 1 is 0.352 bits per heavy atom. The van der Waals surface area contributed by atoms with Crippen LogP contribution in [-0.2, 0) is 25.7 Å². The summed E-state index contributed by atoms with van der Waals surface area (Å²) in [6.45, 7) is 18.9. The molecule has 4 aliphatic heterocycles.